The molecule has 0 atom stereocenters. The zero-order chi connectivity index (χ0) is 21.1. The van der Waals surface area contributed by atoms with Crippen molar-refractivity contribution in [1.82, 2.24) is 0 Å². The molecular formula is C26H25NO3. The fraction of sp³-hybridized carbons (Fsp3) is 0.231. The molecule has 1 amide bonds. The Morgan fingerprint density at radius 1 is 0.900 bits per heavy atom. The first-order chi connectivity index (χ1) is 14.5. The van der Waals surface area contributed by atoms with Gasteiger partial charge < -0.3 is 14.8 Å². The number of benzene rings is 3. The summed E-state index contributed by atoms with van der Waals surface area (Å²) in [5, 5.41) is 3.12. The van der Waals surface area contributed by atoms with Crippen LogP contribution >= 0.6 is 0 Å². The molecule has 3 aromatic carbocycles. The summed E-state index contributed by atoms with van der Waals surface area (Å²) in [5.74, 6) is 1.61. The standard InChI is InChI=1S/C26H25NO3/c1-17-8-7-9-19(15-14-18(2)28)26(17)27-25(29)16-22-20-10-3-5-12-23(20)30-24-13-6-4-11-21(22)24/h3-13,22H,14-16H2,1-2H3,(H,27,29). The Labute approximate surface area is 176 Å². The van der Waals surface area contributed by atoms with Crippen LogP contribution in [0.2, 0.25) is 0 Å². The van der Waals surface area contributed by atoms with E-state index in [0.717, 1.165) is 39.4 Å². The molecule has 0 aliphatic carbocycles. The lowest BCUT2D eigenvalue weighted by atomic mass is 9.85. The number of hydrogen-bond acceptors (Lipinski definition) is 3. The highest BCUT2D eigenvalue weighted by molar-refractivity contribution is 5.93. The van der Waals surface area contributed by atoms with Crippen LogP contribution in [0.25, 0.3) is 0 Å². The van der Waals surface area contributed by atoms with Crippen molar-refractivity contribution < 1.29 is 14.3 Å². The molecular weight excluding hydrogens is 374 g/mol. The third-order valence-electron chi connectivity index (χ3n) is 5.57. The molecule has 1 heterocycles. The van der Waals surface area contributed by atoms with Gasteiger partial charge in [-0.15, -0.1) is 0 Å². The second kappa shape index (κ2) is 8.54. The first kappa shape index (κ1) is 19.9. The zero-order valence-electron chi connectivity index (χ0n) is 17.3. The third kappa shape index (κ3) is 4.13. The molecule has 0 unspecified atom stereocenters. The second-order valence-corrected chi connectivity index (χ2v) is 7.79. The Morgan fingerprint density at radius 3 is 2.17 bits per heavy atom. The van der Waals surface area contributed by atoms with Crippen LogP contribution in [-0.4, -0.2) is 11.7 Å². The van der Waals surface area contributed by atoms with Crippen molar-refractivity contribution in [2.75, 3.05) is 5.32 Å². The number of ketones is 1. The smallest absolute Gasteiger partial charge is 0.225 e. The predicted molar refractivity (Wildman–Crippen MR) is 118 cm³/mol. The van der Waals surface area contributed by atoms with E-state index in [1.54, 1.807) is 6.92 Å². The Bertz CT molecular complexity index is 1060. The van der Waals surface area contributed by atoms with Gasteiger partial charge in [0.1, 0.15) is 17.3 Å². The van der Waals surface area contributed by atoms with Crippen molar-refractivity contribution in [2.45, 2.75) is 39.0 Å². The van der Waals surface area contributed by atoms with Crippen molar-refractivity contribution in [3.63, 3.8) is 0 Å². The molecule has 4 nitrogen and oxygen atoms in total. The third-order valence-corrected chi connectivity index (χ3v) is 5.57. The molecule has 0 saturated carbocycles. The van der Waals surface area contributed by atoms with Crippen LogP contribution in [0.15, 0.2) is 66.7 Å². The van der Waals surface area contributed by atoms with Crippen molar-refractivity contribution in [3.05, 3.63) is 89.0 Å². The minimum absolute atomic E-state index is 0.0510. The van der Waals surface area contributed by atoms with Crippen LogP contribution in [0.4, 0.5) is 5.69 Å². The summed E-state index contributed by atoms with van der Waals surface area (Å²) in [4.78, 5) is 24.6. The van der Waals surface area contributed by atoms with E-state index in [0.29, 0.717) is 19.3 Å². The highest BCUT2D eigenvalue weighted by Crippen LogP contribution is 2.45. The number of rotatable bonds is 6. The summed E-state index contributed by atoms with van der Waals surface area (Å²) >= 11 is 0. The van der Waals surface area contributed by atoms with Crippen LogP contribution in [0.5, 0.6) is 11.5 Å². The molecule has 152 valence electrons. The van der Waals surface area contributed by atoms with Crippen LogP contribution in [0.1, 0.15) is 47.9 Å². The van der Waals surface area contributed by atoms with Crippen LogP contribution in [0, 0.1) is 6.92 Å². The lowest BCUT2D eigenvalue weighted by Crippen LogP contribution is -2.20. The maximum Gasteiger partial charge on any atom is 0.225 e. The maximum absolute atomic E-state index is 13.1. The number of Topliss-reactive ketones (excluding diaryl/α,β-unsaturated/α-hetero) is 1. The van der Waals surface area contributed by atoms with Gasteiger partial charge >= 0.3 is 0 Å². The van der Waals surface area contributed by atoms with E-state index < -0.39 is 0 Å². The predicted octanol–water partition coefficient (Wildman–Crippen LogP) is 5.78. The fourth-order valence-corrected chi connectivity index (χ4v) is 4.03. The summed E-state index contributed by atoms with van der Waals surface area (Å²) in [5.41, 5.74) is 4.85. The number of carbonyl (C=O) groups excluding carboxylic acids is 2. The quantitative estimate of drug-likeness (QED) is 0.571. The minimum atomic E-state index is -0.0733. The average Bonchev–Trinajstić information content (AvgIpc) is 2.74. The minimum Gasteiger partial charge on any atom is -0.457 e. The van der Waals surface area contributed by atoms with Crippen LogP contribution in [-0.2, 0) is 16.0 Å². The van der Waals surface area contributed by atoms with E-state index >= 15 is 0 Å². The van der Waals surface area contributed by atoms with Crippen molar-refractivity contribution >= 4 is 17.4 Å². The number of ether oxygens (including phenoxy) is 1. The molecule has 4 rings (SSSR count). The maximum atomic E-state index is 13.1. The van der Waals surface area contributed by atoms with Gasteiger partial charge in [-0.1, -0.05) is 54.6 Å². The number of para-hydroxylation sites is 3. The Hall–Kier alpha value is -3.40. The van der Waals surface area contributed by atoms with Crippen LogP contribution in [0.3, 0.4) is 0 Å². The Kier molecular flexibility index (Phi) is 5.66. The van der Waals surface area contributed by atoms with Gasteiger partial charge in [0, 0.05) is 35.6 Å². The van der Waals surface area contributed by atoms with Crippen LogP contribution < -0.4 is 10.1 Å². The van der Waals surface area contributed by atoms with Gasteiger partial charge in [0.25, 0.3) is 0 Å². The molecule has 0 aromatic heterocycles. The average molecular weight is 399 g/mol. The van der Waals surface area contributed by atoms with Gasteiger partial charge in [0.05, 0.1) is 0 Å². The lowest BCUT2D eigenvalue weighted by Gasteiger charge is -2.28. The summed E-state index contributed by atoms with van der Waals surface area (Å²) in [6.45, 7) is 3.57. The number of nitrogens with one attached hydrogen (secondary N) is 1. The molecule has 0 fully saturated rings. The molecule has 0 saturated heterocycles. The topological polar surface area (TPSA) is 55.4 Å². The number of aryl methyl sites for hydroxylation is 2. The normalized spacial score (nSPS) is 12.5. The van der Waals surface area contributed by atoms with E-state index in [1.165, 1.54) is 0 Å². The van der Waals surface area contributed by atoms with Gasteiger partial charge in [-0.05, 0) is 43.5 Å². The number of anilines is 1. The Balaban J connectivity index is 1.60. The summed E-state index contributed by atoms with van der Waals surface area (Å²) in [7, 11) is 0. The second-order valence-electron chi connectivity index (χ2n) is 7.79. The van der Waals surface area contributed by atoms with Crippen molar-refractivity contribution in [2.24, 2.45) is 0 Å². The fourth-order valence-electron chi connectivity index (χ4n) is 4.03. The van der Waals surface area contributed by atoms with Crippen molar-refractivity contribution in [1.29, 1.82) is 0 Å². The monoisotopic (exact) mass is 399 g/mol. The largest absolute Gasteiger partial charge is 0.457 e. The SMILES string of the molecule is CC(=O)CCc1cccc(C)c1NC(=O)CC1c2ccccc2Oc2ccccc21. The van der Waals surface area contributed by atoms with E-state index in [9.17, 15) is 9.59 Å². The summed E-state index contributed by atoms with van der Waals surface area (Å²) in [6.07, 6.45) is 1.40. The van der Waals surface area contributed by atoms with Gasteiger partial charge in [-0.2, -0.15) is 0 Å². The summed E-state index contributed by atoms with van der Waals surface area (Å²) in [6, 6.07) is 21.7. The lowest BCUT2D eigenvalue weighted by molar-refractivity contribution is -0.117. The number of hydrogen-bond donors (Lipinski definition) is 1. The Morgan fingerprint density at radius 2 is 1.53 bits per heavy atom. The molecule has 1 aliphatic heterocycles. The molecule has 1 aliphatic rings. The van der Waals surface area contributed by atoms with Gasteiger partial charge in [0.15, 0.2) is 0 Å². The molecule has 3 aromatic rings. The molecule has 1 N–H and O–H groups in total. The van der Waals surface area contributed by atoms with Gasteiger partial charge in [-0.3, -0.25) is 4.79 Å². The first-order valence-electron chi connectivity index (χ1n) is 10.3. The first-order valence-corrected chi connectivity index (χ1v) is 10.3. The van der Waals surface area contributed by atoms with E-state index in [-0.39, 0.29) is 17.6 Å². The highest BCUT2D eigenvalue weighted by Gasteiger charge is 2.29. The summed E-state index contributed by atoms with van der Waals surface area (Å²) < 4.78 is 6.04. The number of amides is 1. The molecule has 30 heavy (non-hydrogen) atoms. The van der Waals surface area contributed by atoms with Gasteiger partial charge in [0.2, 0.25) is 5.91 Å². The molecule has 0 radical (unpaired) electrons. The molecule has 0 bridgehead atoms. The van der Waals surface area contributed by atoms with Crippen molar-refractivity contribution in [3.8, 4) is 11.5 Å². The number of carbonyl (C=O) groups is 2. The number of fused-ring (bicyclic) bond motifs is 2. The molecule has 0 spiro atoms. The van der Waals surface area contributed by atoms with Gasteiger partial charge in [-0.25, -0.2) is 0 Å². The van der Waals surface area contributed by atoms with E-state index in [4.69, 9.17) is 4.74 Å². The van der Waals surface area contributed by atoms with E-state index in [2.05, 4.69) is 5.32 Å². The highest BCUT2D eigenvalue weighted by atomic mass is 16.5. The zero-order valence-corrected chi connectivity index (χ0v) is 17.3. The van der Waals surface area contributed by atoms with E-state index in [1.807, 2.05) is 73.7 Å². The molecule has 4 heteroatoms.